The summed E-state index contributed by atoms with van der Waals surface area (Å²) in [4.78, 5) is 25.9. The Kier molecular flexibility index (Phi) is 8.51. The molecule has 2 aliphatic rings. The summed E-state index contributed by atoms with van der Waals surface area (Å²) in [5, 5.41) is -0.586. The number of carbonyl (C=O) groups excluding carboxylic acids is 2. The van der Waals surface area contributed by atoms with E-state index < -0.39 is 43.6 Å². The molecule has 3 rings (SSSR count). The number of ether oxygens (including phenoxy) is 1. The Morgan fingerprint density at radius 1 is 1.12 bits per heavy atom. The lowest BCUT2D eigenvalue weighted by Crippen LogP contribution is -2.42. The summed E-state index contributed by atoms with van der Waals surface area (Å²) in [7, 11) is -2.49. The minimum absolute atomic E-state index is 0.0536. The van der Waals surface area contributed by atoms with Crippen molar-refractivity contribution >= 4 is 33.5 Å². The van der Waals surface area contributed by atoms with E-state index in [0.717, 1.165) is 48.5 Å². The van der Waals surface area contributed by atoms with E-state index >= 15 is 0 Å². The standard InChI is InChI=1S/C22H28ClF3N2O5S/c1-27(16-5-3-2-4-6-16)20(29)14-33-21(30)15-9-11-28(12-10-15)34(31,32)17-7-8-19(23)18(13-17)22(24,25)26/h7-8,13,15-16H,2-6,9-12,14H2,1H3. The van der Waals surface area contributed by atoms with Crippen LogP contribution in [0.15, 0.2) is 23.1 Å². The average Bonchev–Trinajstić information content (AvgIpc) is 2.81. The fraction of sp³-hybridized carbons (Fsp3) is 0.636. The molecular weight excluding hydrogens is 497 g/mol. The number of esters is 1. The molecule has 1 amide bonds. The summed E-state index contributed by atoms with van der Waals surface area (Å²) >= 11 is 5.58. The van der Waals surface area contributed by atoms with Crippen molar-refractivity contribution in [2.45, 2.75) is 62.1 Å². The van der Waals surface area contributed by atoms with E-state index in [1.54, 1.807) is 11.9 Å². The van der Waals surface area contributed by atoms with Gasteiger partial charge in [0.15, 0.2) is 6.61 Å². The van der Waals surface area contributed by atoms with E-state index in [1.807, 2.05) is 0 Å². The molecular formula is C22H28ClF3N2O5S. The molecule has 0 bridgehead atoms. The first-order chi connectivity index (χ1) is 15.9. The molecule has 34 heavy (non-hydrogen) atoms. The first-order valence-corrected chi connectivity index (χ1v) is 13.0. The third kappa shape index (κ3) is 6.23. The SMILES string of the molecule is CN(C(=O)COC(=O)C1CCN(S(=O)(=O)c2ccc(Cl)c(C(F)(F)F)c2)CC1)C1CCCCC1. The van der Waals surface area contributed by atoms with Crippen LogP contribution in [-0.4, -0.2) is 62.3 Å². The van der Waals surface area contributed by atoms with Crippen molar-refractivity contribution in [2.75, 3.05) is 26.7 Å². The zero-order valence-corrected chi connectivity index (χ0v) is 20.4. The van der Waals surface area contributed by atoms with Gasteiger partial charge in [0, 0.05) is 26.2 Å². The maximum atomic E-state index is 13.1. The van der Waals surface area contributed by atoms with Gasteiger partial charge in [0.05, 0.1) is 21.4 Å². The maximum absolute atomic E-state index is 13.1. The lowest BCUT2D eigenvalue weighted by atomic mass is 9.94. The number of sulfonamides is 1. The fourth-order valence-electron chi connectivity index (χ4n) is 4.39. The summed E-state index contributed by atoms with van der Waals surface area (Å²) in [5.74, 6) is -1.44. The number of rotatable bonds is 6. The fourth-order valence-corrected chi connectivity index (χ4v) is 6.11. The highest BCUT2D eigenvalue weighted by molar-refractivity contribution is 7.89. The number of piperidine rings is 1. The van der Waals surface area contributed by atoms with Crippen molar-refractivity contribution < 1.29 is 35.9 Å². The van der Waals surface area contributed by atoms with Gasteiger partial charge >= 0.3 is 12.1 Å². The van der Waals surface area contributed by atoms with E-state index in [2.05, 4.69) is 0 Å². The minimum Gasteiger partial charge on any atom is -0.455 e. The molecule has 2 fully saturated rings. The molecule has 12 heteroatoms. The molecule has 190 valence electrons. The number of nitrogens with zero attached hydrogens (tertiary/aromatic N) is 2. The van der Waals surface area contributed by atoms with Crippen molar-refractivity contribution in [1.29, 1.82) is 0 Å². The van der Waals surface area contributed by atoms with E-state index in [-0.39, 0.29) is 44.5 Å². The van der Waals surface area contributed by atoms with Crippen molar-refractivity contribution in [2.24, 2.45) is 5.92 Å². The molecule has 0 N–H and O–H groups in total. The van der Waals surface area contributed by atoms with E-state index in [1.165, 1.54) is 0 Å². The number of hydrogen-bond acceptors (Lipinski definition) is 5. The van der Waals surface area contributed by atoms with Crippen LogP contribution in [0.2, 0.25) is 5.02 Å². The van der Waals surface area contributed by atoms with Crippen LogP contribution >= 0.6 is 11.6 Å². The molecule has 1 aromatic carbocycles. The number of alkyl halides is 3. The lowest BCUT2D eigenvalue weighted by Gasteiger charge is -2.32. The molecule has 0 radical (unpaired) electrons. The predicted molar refractivity (Wildman–Crippen MR) is 119 cm³/mol. The maximum Gasteiger partial charge on any atom is 0.417 e. The number of amides is 1. The van der Waals surface area contributed by atoms with E-state index in [4.69, 9.17) is 16.3 Å². The summed E-state index contributed by atoms with van der Waals surface area (Å²) in [6.45, 7) is -0.473. The van der Waals surface area contributed by atoms with Crippen LogP contribution in [-0.2, 0) is 30.5 Å². The number of likely N-dealkylation sites (N-methyl/N-ethyl adjacent to an activating group) is 1. The minimum atomic E-state index is -4.79. The van der Waals surface area contributed by atoms with Gasteiger partial charge in [0.2, 0.25) is 10.0 Å². The van der Waals surface area contributed by atoms with Gasteiger partial charge in [-0.2, -0.15) is 17.5 Å². The van der Waals surface area contributed by atoms with Gasteiger partial charge in [-0.25, -0.2) is 8.42 Å². The number of hydrogen-bond donors (Lipinski definition) is 0. The zero-order valence-electron chi connectivity index (χ0n) is 18.8. The Morgan fingerprint density at radius 3 is 2.32 bits per heavy atom. The molecule has 1 aromatic rings. The molecule has 0 unspecified atom stereocenters. The van der Waals surface area contributed by atoms with Gasteiger partial charge in [-0.3, -0.25) is 9.59 Å². The third-order valence-electron chi connectivity index (χ3n) is 6.52. The van der Waals surface area contributed by atoms with Crippen molar-refractivity contribution in [1.82, 2.24) is 9.21 Å². The Morgan fingerprint density at radius 2 is 1.74 bits per heavy atom. The number of halogens is 4. The highest BCUT2D eigenvalue weighted by Crippen LogP contribution is 2.37. The van der Waals surface area contributed by atoms with Gasteiger partial charge < -0.3 is 9.64 Å². The number of benzene rings is 1. The normalized spacial score (nSPS) is 19.1. The van der Waals surface area contributed by atoms with Gasteiger partial charge in [-0.05, 0) is 43.9 Å². The first-order valence-electron chi connectivity index (χ1n) is 11.2. The Balaban J connectivity index is 1.54. The molecule has 1 heterocycles. The topological polar surface area (TPSA) is 84.0 Å². The number of carbonyl (C=O) groups is 2. The van der Waals surface area contributed by atoms with Crippen LogP contribution < -0.4 is 0 Å². The van der Waals surface area contributed by atoms with Gasteiger partial charge in [0.25, 0.3) is 5.91 Å². The van der Waals surface area contributed by atoms with Gasteiger partial charge in [-0.1, -0.05) is 30.9 Å². The van der Waals surface area contributed by atoms with E-state index in [0.29, 0.717) is 6.07 Å². The van der Waals surface area contributed by atoms with Crippen molar-refractivity contribution in [3.63, 3.8) is 0 Å². The lowest BCUT2D eigenvalue weighted by molar-refractivity contribution is -0.157. The van der Waals surface area contributed by atoms with Crippen LogP contribution in [0.25, 0.3) is 0 Å². The monoisotopic (exact) mass is 524 g/mol. The van der Waals surface area contributed by atoms with Crippen LogP contribution in [0, 0.1) is 5.92 Å². The van der Waals surface area contributed by atoms with Crippen LogP contribution in [0.4, 0.5) is 13.2 Å². The second-order valence-electron chi connectivity index (χ2n) is 8.72. The Bertz CT molecular complexity index is 1000. The van der Waals surface area contributed by atoms with Gasteiger partial charge in [0.1, 0.15) is 0 Å². The predicted octanol–water partition coefficient (Wildman–Crippen LogP) is 4.09. The molecule has 7 nitrogen and oxygen atoms in total. The van der Waals surface area contributed by atoms with Gasteiger partial charge in [-0.15, -0.1) is 0 Å². The zero-order chi connectivity index (χ0) is 25.1. The van der Waals surface area contributed by atoms with Crippen LogP contribution in [0.1, 0.15) is 50.5 Å². The summed E-state index contributed by atoms with van der Waals surface area (Å²) in [6.07, 6.45) is 0.650. The highest BCUT2D eigenvalue weighted by atomic mass is 35.5. The molecule has 1 aliphatic carbocycles. The molecule has 0 spiro atoms. The Hall–Kier alpha value is -1.85. The highest BCUT2D eigenvalue weighted by Gasteiger charge is 2.37. The molecule has 1 saturated carbocycles. The van der Waals surface area contributed by atoms with E-state index in [9.17, 15) is 31.2 Å². The Labute approximate surface area is 202 Å². The average molecular weight is 525 g/mol. The van der Waals surface area contributed by atoms with Crippen molar-refractivity contribution in [3.05, 3.63) is 28.8 Å². The largest absolute Gasteiger partial charge is 0.455 e. The molecule has 1 aliphatic heterocycles. The third-order valence-corrected chi connectivity index (χ3v) is 8.75. The van der Waals surface area contributed by atoms with Crippen LogP contribution in [0.5, 0.6) is 0 Å². The summed E-state index contributed by atoms with van der Waals surface area (Å²) < 4.78 is 71.3. The molecule has 0 aromatic heterocycles. The second-order valence-corrected chi connectivity index (χ2v) is 11.1. The summed E-state index contributed by atoms with van der Waals surface area (Å²) in [5.41, 5.74) is -1.23. The van der Waals surface area contributed by atoms with Crippen molar-refractivity contribution in [3.8, 4) is 0 Å². The second kappa shape index (κ2) is 10.8. The summed E-state index contributed by atoms with van der Waals surface area (Å²) in [6, 6.07) is 2.61. The smallest absolute Gasteiger partial charge is 0.417 e. The van der Waals surface area contributed by atoms with Crippen LogP contribution in [0.3, 0.4) is 0 Å². The molecule has 1 saturated heterocycles. The molecule has 0 atom stereocenters. The quantitative estimate of drug-likeness (QED) is 0.523. The first kappa shape index (κ1) is 26.7.